The summed E-state index contributed by atoms with van der Waals surface area (Å²) in [6.07, 6.45) is 8.69. The van der Waals surface area contributed by atoms with E-state index in [1.807, 2.05) is 0 Å². The second-order valence-electron chi connectivity index (χ2n) is 8.40. The highest BCUT2D eigenvalue weighted by molar-refractivity contribution is 5.90. The molecule has 2 aromatic rings. The number of benzene rings is 2. The van der Waals surface area contributed by atoms with Crippen molar-refractivity contribution >= 4 is 17.7 Å². The van der Waals surface area contributed by atoms with E-state index in [-0.39, 0.29) is 5.91 Å². The van der Waals surface area contributed by atoms with Crippen molar-refractivity contribution in [2.45, 2.75) is 25.7 Å². The number of hydrogen-bond donors (Lipinski definition) is 3. The van der Waals surface area contributed by atoms with E-state index in [9.17, 15) is 4.79 Å². The summed E-state index contributed by atoms with van der Waals surface area (Å²) in [5.41, 5.74) is 5.09. The van der Waals surface area contributed by atoms with Crippen LogP contribution in [-0.2, 0) is 17.6 Å². The quantitative estimate of drug-likeness (QED) is 0.647. The maximum atomic E-state index is 12.4. The molecule has 4 heteroatoms. The maximum Gasteiger partial charge on any atom is 0.230 e. The third-order valence-electron chi connectivity index (χ3n) is 6.27. The largest absolute Gasteiger partial charge is 0.326 e. The molecule has 3 N–H and O–H groups in total. The first-order valence-corrected chi connectivity index (χ1v) is 11.1. The van der Waals surface area contributed by atoms with Crippen LogP contribution in [0.3, 0.4) is 0 Å². The Labute approximate surface area is 174 Å². The molecule has 0 saturated carbocycles. The minimum Gasteiger partial charge on any atom is -0.326 e. The minimum atomic E-state index is 0.149. The second-order valence-corrected chi connectivity index (χ2v) is 8.40. The summed E-state index contributed by atoms with van der Waals surface area (Å²) in [4.78, 5) is 15.6. The van der Waals surface area contributed by atoms with Crippen molar-refractivity contribution in [3.05, 3.63) is 71.3 Å². The summed E-state index contributed by atoms with van der Waals surface area (Å²) in [5.74, 6) is 0.149. The Kier molecular flexibility index (Phi) is 6.75. The third kappa shape index (κ3) is 5.78. The number of aryl methyl sites for hydroxylation is 2. The van der Waals surface area contributed by atoms with Gasteiger partial charge < -0.3 is 15.1 Å². The number of fused-ring (bicyclic) bond motifs is 1. The zero-order valence-corrected chi connectivity index (χ0v) is 17.3. The molecule has 0 bridgehead atoms. The molecule has 4 rings (SSSR count). The fraction of sp³-hybridized carbons (Fsp3) is 0.400. The molecule has 2 aliphatic rings. The van der Waals surface area contributed by atoms with Gasteiger partial charge in [0.2, 0.25) is 5.91 Å². The SMILES string of the molecule is O=C(CC[NH+]1CC[NH+](C/C=C/c2ccccc2)CC1)Nc1ccc2c(c1)CCC2. The van der Waals surface area contributed by atoms with E-state index in [0.717, 1.165) is 38.3 Å². The maximum absolute atomic E-state index is 12.4. The Morgan fingerprint density at radius 3 is 2.52 bits per heavy atom. The molecule has 0 atom stereocenters. The van der Waals surface area contributed by atoms with Crippen molar-refractivity contribution in [2.24, 2.45) is 0 Å². The Balaban J connectivity index is 1.14. The van der Waals surface area contributed by atoms with Crippen LogP contribution >= 0.6 is 0 Å². The molecular formula is C25H33N3O+2. The van der Waals surface area contributed by atoms with Gasteiger partial charge >= 0.3 is 0 Å². The van der Waals surface area contributed by atoms with Gasteiger partial charge in [-0.2, -0.15) is 0 Å². The lowest BCUT2D eigenvalue weighted by molar-refractivity contribution is -1.01. The predicted molar refractivity (Wildman–Crippen MR) is 118 cm³/mol. The molecule has 1 aliphatic carbocycles. The van der Waals surface area contributed by atoms with Crippen LogP contribution in [0, 0.1) is 0 Å². The molecule has 4 nitrogen and oxygen atoms in total. The van der Waals surface area contributed by atoms with E-state index < -0.39 is 0 Å². The van der Waals surface area contributed by atoms with Crippen LogP contribution in [0.5, 0.6) is 0 Å². The number of anilines is 1. The van der Waals surface area contributed by atoms with E-state index in [1.165, 1.54) is 42.6 Å². The molecule has 1 saturated heterocycles. The fourth-order valence-electron chi connectivity index (χ4n) is 4.50. The summed E-state index contributed by atoms with van der Waals surface area (Å²) in [6, 6.07) is 16.9. The summed E-state index contributed by atoms with van der Waals surface area (Å²) in [7, 11) is 0. The van der Waals surface area contributed by atoms with Gasteiger partial charge in [0.15, 0.2) is 0 Å². The van der Waals surface area contributed by atoms with Crippen LogP contribution in [0.1, 0.15) is 29.5 Å². The van der Waals surface area contributed by atoms with E-state index >= 15 is 0 Å². The summed E-state index contributed by atoms with van der Waals surface area (Å²) < 4.78 is 0. The molecule has 0 spiro atoms. The molecule has 2 aromatic carbocycles. The Morgan fingerprint density at radius 2 is 1.69 bits per heavy atom. The van der Waals surface area contributed by atoms with Gasteiger partial charge in [-0.3, -0.25) is 4.79 Å². The molecule has 0 aromatic heterocycles. The van der Waals surface area contributed by atoms with E-state index in [0.29, 0.717) is 6.42 Å². The van der Waals surface area contributed by atoms with E-state index in [1.54, 1.807) is 9.80 Å². The van der Waals surface area contributed by atoms with E-state index in [4.69, 9.17) is 0 Å². The molecule has 0 radical (unpaired) electrons. The zero-order valence-electron chi connectivity index (χ0n) is 17.3. The van der Waals surface area contributed by atoms with Crippen LogP contribution in [0.2, 0.25) is 0 Å². The lowest BCUT2D eigenvalue weighted by atomic mass is 10.1. The second kappa shape index (κ2) is 9.86. The predicted octanol–water partition coefficient (Wildman–Crippen LogP) is 1.00. The van der Waals surface area contributed by atoms with Crippen LogP contribution in [0.25, 0.3) is 6.08 Å². The zero-order chi connectivity index (χ0) is 19.9. The fourth-order valence-corrected chi connectivity index (χ4v) is 4.50. The Bertz CT molecular complexity index is 838. The van der Waals surface area contributed by atoms with Gasteiger partial charge in [0.1, 0.15) is 26.2 Å². The topological polar surface area (TPSA) is 38.0 Å². The van der Waals surface area contributed by atoms with Gasteiger partial charge in [0.25, 0.3) is 0 Å². The lowest BCUT2D eigenvalue weighted by Gasteiger charge is -2.29. The average molecular weight is 392 g/mol. The monoisotopic (exact) mass is 391 g/mol. The Hall–Kier alpha value is -2.43. The van der Waals surface area contributed by atoms with Crippen LogP contribution in [0.4, 0.5) is 5.69 Å². The minimum absolute atomic E-state index is 0.149. The number of hydrogen-bond acceptors (Lipinski definition) is 1. The molecule has 1 amide bonds. The first kappa shape index (κ1) is 19.9. The molecule has 1 aliphatic heterocycles. The average Bonchev–Trinajstić information content (AvgIpc) is 3.22. The van der Waals surface area contributed by atoms with Crippen molar-refractivity contribution in [2.75, 3.05) is 44.6 Å². The smallest absolute Gasteiger partial charge is 0.230 e. The molecule has 0 unspecified atom stereocenters. The molecular weight excluding hydrogens is 358 g/mol. The number of nitrogens with one attached hydrogen (secondary N) is 3. The Morgan fingerprint density at radius 1 is 0.931 bits per heavy atom. The highest BCUT2D eigenvalue weighted by Crippen LogP contribution is 2.24. The number of rotatable bonds is 7. The van der Waals surface area contributed by atoms with Gasteiger partial charge in [-0.25, -0.2) is 0 Å². The van der Waals surface area contributed by atoms with Gasteiger partial charge in [0, 0.05) is 5.69 Å². The molecule has 1 heterocycles. The first-order valence-electron chi connectivity index (χ1n) is 11.1. The highest BCUT2D eigenvalue weighted by atomic mass is 16.1. The number of carbonyl (C=O) groups is 1. The summed E-state index contributed by atoms with van der Waals surface area (Å²) in [5, 5.41) is 3.10. The molecule has 29 heavy (non-hydrogen) atoms. The highest BCUT2D eigenvalue weighted by Gasteiger charge is 2.22. The number of quaternary nitrogens is 2. The number of carbonyl (C=O) groups excluding carboxylic acids is 1. The summed E-state index contributed by atoms with van der Waals surface area (Å²) >= 11 is 0. The standard InChI is InChI=1S/C25H31N3O/c29-25(26-24-12-11-22-9-4-10-23(22)20-24)13-15-28-18-16-27(17-19-28)14-5-8-21-6-2-1-3-7-21/h1-3,5-8,11-12,20H,4,9-10,13-19H2,(H,26,29)/p+2/b8-5+. The normalized spacial score (nSPS) is 21.2. The third-order valence-corrected chi connectivity index (χ3v) is 6.27. The first-order chi connectivity index (χ1) is 14.3. The van der Waals surface area contributed by atoms with Crippen molar-refractivity contribution in [1.82, 2.24) is 0 Å². The van der Waals surface area contributed by atoms with E-state index in [2.05, 4.69) is 66.0 Å². The van der Waals surface area contributed by atoms with Crippen molar-refractivity contribution < 1.29 is 14.6 Å². The number of amides is 1. The summed E-state index contributed by atoms with van der Waals surface area (Å²) in [6.45, 7) is 6.69. The van der Waals surface area contributed by atoms with Gasteiger partial charge in [-0.05, 0) is 54.2 Å². The van der Waals surface area contributed by atoms with Crippen LogP contribution in [-0.4, -0.2) is 45.2 Å². The van der Waals surface area contributed by atoms with Gasteiger partial charge in [0.05, 0.1) is 19.5 Å². The van der Waals surface area contributed by atoms with Crippen LogP contribution in [0.15, 0.2) is 54.6 Å². The molecule has 1 fully saturated rings. The molecule has 152 valence electrons. The van der Waals surface area contributed by atoms with Crippen LogP contribution < -0.4 is 15.1 Å². The van der Waals surface area contributed by atoms with Gasteiger partial charge in [-0.15, -0.1) is 0 Å². The van der Waals surface area contributed by atoms with Crippen molar-refractivity contribution in [3.63, 3.8) is 0 Å². The van der Waals surface area contributed by atoms with Crippen molar-refractivity contribution in [3.8, 4) is 0 Å². The van der Waals surface area contributed by atoms with Crippen molar-refractivity contribution in [1.29, 1.82) is 0 Å². The van der Waals surface area contributed by atoms with Gasteiger partial charge in [-0.1, -0.05) is 42.5 Å². The lowest BCUT2D eigenvalue weighted by Crippen LogP contribution is -3.28. The number of piperazine rings is 1.